The molecule has 0 bridgehead atoms. The van der Waals surface area contributed by atoms with Crippen molar-refractivity contribution in [3.63, 3.8) is 0 Å². The number of nitrogens with zero attached hydrogens (tertiary/aromatic N) is 2. The number of H-pyrrole nitrogens is 1. The molecule has 10 heavy (non-hydrogen) atoms. The first-order chi connectivity index (χ1) is 4.63. The maximum Gasteiger partial charge on any atom is 0.343 e. The highest BCUT2D eigenvalue weighted by atomic mass is 35.5. The summed E-state index contributed by atoms with van der Waals surface area (Å²) in [5.74, 6) is 0.562. The van der Waals surface area contributed by atoms with Gasteiger partial charge in [-0.3, -0.25) is 4.57 Å². The van der Waals surface area contributed by atoms with Crippen LogP contribution in [0, 0.1) is 0 Å². The molecule has 0 aliphatic heterocycles. The summed E-state index contributed by atoms with van der Waals surface area (Å²) in [6, 6.07) is 0. The van der Waals surface area contributed by atoms with E-state index in [4.69, 9.17) is 11.6 Å². The van der Waals surface area contributed by atoms with E-state index in [9.17, 15) is 4.79 Å². The fourth-order valence-electron chi connectivity index (χ4n) is 0.715. The molecule has 1 aromatic heterocycles. The number of halogens is 1. The summed E-state index contributed by atoms with van der Waals surface area (Å²) in [4.78, 5) is 10.7. The van der Waals surface area contributed by atoms with Crippen LogP contribution in [0.25, 0.3) is 0 Å². The van der Waals surface area contributed by atoms with E-state index in [2.05, 4.69) is 10.2 Å². The van der Waals surface area contributed by atoms with E-state index < -0.39 is 0 Å². The van der Waals surface area contributed by atoms with Crippen LogP contribution in [0.15, 0.2) is 4.79 Å². The number of aromatic amines is 1. The van der Waals surface area contributed by atoms with E-state index in [-0.39, 0.29) is 11.1 Å². The highest BCUT2D eigenvalue weighted by Crippen LogP contribution is 2.13. The lowest BCUT2D eigenvalue weighted by molar-refractivity contribution is 0.773. The predicted octanol–water partition coefficient (Wildman–Crippen LogP) is 0.408. The average molecular weight is 162 g/mol. The van der Waals surface area contributed by atoms with Crippen molar-refractivity contribution < 1.29 is 0 Å². The fourth-order valence-corrected chi connectivity index (χ4v) is 0.910. The summed E-state index contributed by atoms with van der Waals surface area (Å²) in [5, 5.41) is 5.77. The zero-order valence-electron chi connectivity index (χ0n) is 5.76. The Kier molecular flexibility index (Phi) is 1.80. The van der Waals surface area contributed by atoms with Crippen LogP contribution in [0.1, 0.15) is 18.1 Å². The molecular weight excluding hydrogens is 154 g/mol. The van der Waals surface area contributed by atoms with Gasteiger partial charge in [0.2, 0.25) is 0 Å². The van der Waals surface area contributed by atoms with Gasteiger partial charge in [-0.15, -0.1) is 11.6 Å². The summed E-state index contributed by atoms with van der Waals surface area (Å²) >= 11 is 5.68. The standard InChI is InChI=1S/C5H8ClN3O/c1-3(6)4-7-8-5(10)9(4)2/h3H,1-2H3,(H,8,10)/t3-/m0/s1. The molecule has 0 unspecified atom stereocenters. The van der Waals surface area contributed by atoms with Gasteiger partial charge in [0.1, 0.15) is 0 Å². The molecule has 0 aliphatic rings. The van der Waals surface area contributed by atoms with Crippen LogP contribution in [-0.4, -0.2) is 14.8 Å². The SMILES string of the molecule is C[C@H](Cl)c1n[nH]c(=O)n1C. The lowest BCUT2D eigenvalue weighted by atomic mass is 10.4. The van der Waals surface area contributed by atoms with Gasteiger partial charge in [0, 0.05) is 7.05 Å². The molecule has 0 radical (unpaired) electrons. The zero-order chi connectivity index (χ0) is 7.72. The number of hydrogen-bond donors (Lipinski definition) is 1. The largest absolute Gasteiger partial charge is 0.343 e. The zero-order valence-corrected chi connectivity index (χ0v) is 6.51. The summed E-state index contributed by atoms with van der Waals surface area (Å²) in [5.41, 5.74) is -0.234. The number of nitrogens with one attached hydrogen (secondary N) is 1. The monoisotopic (exact) mass is 161 g/mol. The van der Waals surface area contributed by atoms with Crippen molar-refractivity contribution >= 4 is 11.6 Å². The maximum atomic E-state index is 10.7. The smallest absolute Gasteiger partial charge is 0.281 e. The van der Waals surface area contributed by atoms with Gasteiger partial charge in [0.15, 0.2) is 5.82 Å². The molecule has 1 N–H and O–H groups in total. The predicted molar refractivity (Wildman–Crippen MR) is 38.1 cm³/mol. The third-order valence-corrected chi connectivity index (χ3v) is 1.47. The highest BCUT2D eigenvalue weighted by Gasteiger charge is 2.08. The Morgan fingerprint density at radius 2 is 2.40 bits per heavy atom. The Morgan fingerprint density at radius 3 is 2.60 bits per heavy atom. The van der Waals surface area contributed by atoms with Gasteiger partial charge in [-0.05, 0) is 6.92 Å². The van der Waals surface area contributed by atoms with Gasteiger partial charge >= 0.3 is 5.69 Å². The summed E-state index contributed by atoms with van der Waals surface area (Å²) in [6.45, 7) is 1.76. The Labute approximate surface area is 62.8 Å². The van der Waals surface area contributed by atoms with Gasteiger partial charge in [-0.1, -0.05) is 0 Å². The molecular formula is C5H8ClN3O. The van der Waals surface area contributed by atoms with E-state index in [0.717, 1.165) is 0 Å². The number of aromatic nitrogens is 3. The lowest BCUT2D eigenvalue weighted by Crippen LogP contribution is -2.14. The topological polar surface area (TPSA) is 50.7 Å². The molecule has 4 nitrogen and oxygen atoms in total. The molecule has 1 rings (SSSR count). The third-order valence-electron chi connectivity index (χ3n) is 1.27. The van der Waals surface area contributed by atoms with E-state index in [1.165, 1.54) is 4.57 Å². The van der Waals surface area contributed by atoms with Crippen molar-refractivity contribution in [2.24, 2.45) is 7.05 Å². The second-order valence-corrected chi connectivity index (χ2v) is 2.72. The van der Waals surface area contributed by atoms with Crippen LogP contribution < -0.4 is 5.69 Å². The second kappa shape index (κ2) is 2.46. The lowest BCUT2D eigenvalue weighted by Gasteiger charge is -1.98. The number of rotatable bonds is 1. The minimum atomic E-state index is -0.234. The number of hydrogen-bond acceptors (Lipinski definition) is 2. The first-order valence-electron chi connectivity index (χ1n) is 2.88. The van der Waals surface area contributed by atoms with Crippen LogP contribution in [-0.2, 0) is 7.05 Å². The molecule has 56 valence electrons. The Balaban J connectivity index is 3.18. The molecule has 1 atom stereocenters. The molecule has 0 saturated heterocycles. The minimum Gasteiger partial charge on any atom is -0.281 e. The molecule has 1 aromatic rings. The fraction of sp³-hybridized carbons (Fsp3) is 0.600. The van der Waals surface area contributed by atoms with E-state index in [0.29, 0.717) is 5.82 Å². The molecule has 0 aliphatic carbocycles. The Morgan fingerprint density at radius 1 is 1.80 bits per heavy atom. The van der Waals surface area contributed by atoms with Crippen LogP contribution in [0.5, 0.6) is 0 Å². The molecule has 0 spiro atoms. The quantitative estimate of drug-likeness (QED) is 0.607. The van der Waals surface area contributed by atoms with Gasteiger partial charge in [0.25, 0.3) is 0 Å². The van der Waals surface area contributed by atoms with Crippen molar-refractivity contribution in [1.29, 1.82) is 0 Å². The minimum absolute atomic E-state index is 0.232. The average Bonchev–Trinajstić information content (AvgIpc) is 2.14. The summed E-state index contributed by atoms with van der Waals surface area (Å²) in [6.07, 6.45) is 0. The van der Waals surface area contributed by atoms with Gasteiger partial charge in [-0.2, -0.15) is 5.10 Å². The summed E-state index contributed by atoms with van der Waals surface area (Å²) < 4.78 is 1.39. The van der Waals surface area contributed by atoms with Crippen LogP contribution in [0.3, 0.4) is 0 Å². The van der Waals surface area contributed by atoms with Gasteiger partial charge in [-0.25, -0.2) is 9.89 Å². The van der Waals surface area contributed by atoms with Crippen molar-refractivity contribution in [3.8, 4) is 0 Å². The van der Waals surface area contributed by atoms with Gasteiger partial charge < -0.3 is 0 Å². The third kappa shape index (κ3) is 1.07. The summed E-state index contributed by atoms with van der Waals surface area (Å²) in [7, 11) is 1.63. The van der Waals surface area contributed by atoms with Crippen molar-refractivity contribution in [3.05, 3.63) is 16.3 Å². The van der Waals surface area contributed by atoms with E-state index in [1.807, 2.05) is 0 Å². The van der Waals surface area contributed by atoms with Crippen LogP contribution >= 0.6 is 11.6 Å². The molecule has 0 fully saturated rings. The molecule has 0 aromatic carbocycles. The van der Waals surface area contributed by atoms with Crippen LogP contribution in [0.2, 0.25) is 0 Å². The molecule has 5 heteroatoms. The van der Waals surface area contributed by atoms with Crippen LogP contribution in [0.4, 0.5) is 0 Å². The maximum absolute atomic E-state index is 10.7. The second-order valence-electron chi connectivity index (χ2n) is 2.06. The first-order valence-corrected chi connectivity index (χ1v) is 3.32. The van der Waals surface area contributed by atoms with E-state index in [1.54, 1.807) is 14.0 Å². The molecule has 1 heterocycles. The number of alkyl halides is 1. The Hall–Kier alpha value is -0.770. The highest BCUT2D eigenvalue weighted by molar-refractivity contribution is 6.20. The van der Waals surface area contributed by atoms with E-state index >= 15 is 0 Å². The van der Waals surface area contributed by atoms with Crippen molar-refractivity contribution in [2.45, 2.75) is 12.3 Å². The molecule has 0 saturated carbocycles. The molecule has 0 amide bonds. The Bertz CT molecular complexity index is 275. The van der Waals surface area contributed by atoms with Gasteiger partial charge in [0.05, 0.1) is 5.38 Å². The van der Waals surface area contributed by atoms with Crippen molar-refractivity contribution in [1.82, 2.24) is 14.8 Å². The van der Waals surface area contributed by atoms with Crippen molar-refractivity contribution in [2.75, 3.05) is 0 Å². The normalized spacial score (nSPS) is 13.5. The first kappa shape index (κ1) is 7.34.